The summed E-state index contributed by atoms with van der Waals surface area (Å²) in [5, 5.41) is 2.80. The summed E-state index contributed by atoms with van der Waals surface area (Å²) in [5.74, 6) is -0.874. The van der Waals surface area contributed by atoms with Crippen LogP contribution < -0.4 is 15.0 Å². The van der Waals surface area contributed by atoms with Crippen LogP contribution in [0, 0.1) is 0 Å². The van der Waals surface area contributed by atoms with Gasteiger partial charge >= 0.3 is 12.8 Å². The van der Waals surface area contributed by atoms with Crippen LogP contribution in [-0.4, -0.2) is 43.4 Å². The predicted molar refractivity (Wildman–Crippen MR) is 125 cm³/mol. The average Bonchev–Trinajstić information content (AvgIpc) is 3.03. The van der Waals surface area contributed by atoms with Crippen molar-refractivity contribution >= 4 is 23.2 Å². The normalized spacial score (nSPS) is 23.2. The Bertz CT molecular complexity index is 1190. The van der Waals surface area contributed by atoms with E-state index in [1.165, 1.54) is 29.2 Å². The van der Waals surface area contributed by atoms with Gasteiger partial charge < -0.3 is 14.8 Å². The summed E-state index contributed by atoms with van der Waals surface area (Å²) in [7, 11) is 1.05. The van der Waals surface area contributed by atoms with E-state index in [0.717, 1.165) is 7.11 Å². The maximum absolute atomic E-state index is 13.4. The highest BCUT2D eigenvalue weighted by Crippen LogP contribution is 2.47. The number of amides is 2. The van der Waals surface area contributed by atoms with Crippen LogP contribution in [0.4, 0.5) is 33.3 Å². The maximum Gasteiger partial charge on any atom is 0.417 e. The number of fused-ring (bicyclic) bond motifs is 1. The van der Waals surface area contributed by atoms with Crippen molar-refractivity contribution in [3.63, 3.8) is 0 Å². The minimum absolute atomic E-state index is 0.0990. The van der Waals surface area contributed by atoms with Gasteiger partial charge in [0.05, 0.1) is 16.8 Å². The first kappa shape index (κ1) is 26.8. The van der Waals surface area contributed by atoms with E-state index in [2.05, 4.69) is 10.1 Å². The minimum atomic E-state index is -4.49. The molecule has 2 aromatic rings. The Kier molecular flexibility index (Phi) is 6.96. The predicted octanol–water partition coefficient (Wildman–Crippen LogP) is 5.86. The third kappa shape index (κ3) is 4.88. The summed E-state index contributed by atoms with van der Waals surface area (Å²) >= 11 is 0. The first-order chi connectivity index (χ1) is 17.3. The molecule has 1 heterocycles. The summed E-state index contributed by atoms with van der Waals surface area (Å²) in [6.45, 7) is 0.369. The molecule has 0 unspecified atom stereocenters. The molecule has 1 aliphatic carbocycles. The molecule has 2 aliphatic rings. The zero-order valence-corrected chi connectivity index (χ0v) is 20.5. The van der Waals surface area contributed by atoms with E-state index in [1.807, 2.05) is 0 Å². The Morgan fingerprint density at radius 1 is 1.11 bits per heavy atom. The highest BCUT2D eigenvalue weighted by Gasteiger charge is 2.56. The van der Waals surface area contributed by atoms with Crippen LogP contribution in [0.2, 0.25) is 0 Å². The van der Waals surface area contributed by atoms with Crippen LogP contribution in [0.15, 0.2) is 42.5 Å². The van der Waals surface area contributed by atoms with Crippen molar-refractivity contribution in [2.75, 3.05) is 12.0 Å². The van der Waals surface area contributed by atoms with Crippen LogP contribution in [-0.2, 0) is 14.9 Å². The van der Waals surface area contributed by atoms with Gasteiger partial charge in [-0.1, -0.05) is 6.07 Å². The number of carbonyl (C=O) groups excluding carboxylic acids is 2. The number of alkyl halides is 5. The van der Waals surface area contributed by atoms with Crippen LogP contribution in [0.5, 0.6) is 5.75 Å². The number of hydrogen-bond donors (Lipinski definition) is 1. The van der Waals surface area contributed by atoms with Crippen LogP contribution in [0.3, 0.4) is 0 Å². The Balaban J connectivity index is 1.54. The molecule has 200 valence electrons. The number of anilines is 2. The number of ether oxygens (including phenoxy) is 2. The van der Waals surface area contributed by atoms with Crippen molar-refractivity contribution in [1.82, 2.24) is 5.32 Å². The lowest BCUT2D eigenvalue weighted by Gasteiger charge is -2.40. The number of benzene rings is 2. The van der Waals surface area contributed by atoms with E-state index in [-0.39, 0.29) is 42.9 Å². The molecule has 0 aromatic heterocycles. The number of nitrogens with zero attached hydrogens (tertiary/aromatic N) is 1. The molecule has 1 saturated carbocycles. The lowest BCUT2D eigenvalue weighted by Crippen LogP contribution is -2.52. The molecule has 2 amide bonds. The highest BCUT2D eigenvalue weighted by atomic mass is 19.4. The van der Waals surface area contributed by atoms with Gasteiger partial charge in [-0.2, -0.15) is 22.0 Å². The Hall–Kier alpha value is -3.21. The highest BCUT2D eigenvalue weighted by molar-refractivity contribution is 6.13. The molecule has 0 saturated heterocycles. The summed E-state index contributed by atoms with van der Waals surface area (Å²) in [6, 6.07) is 10.0. The molecule has 11 heteroatoms. The number of rotatable bonds is 6. The second-order valence-electron chi connectivity index (χ2n) is 9.82. The lowest BCUT2D eigenvalue weighted by molar-refractivity contribution is -0.280. The summed E-state index contributed by atoms with van der Waals surface area (Å²) in [6.07, 6.45) is -4.79. The maximum atomic E-state index is 13.4. The molecule has 37 heavy (non-hydrogen) atoms. The third-order valence-electron chi connectivity index (χ3n) is 7.25. The van der Waals surface area contributed by atoms with E-state index in [9.17, 15) is 31.5 Å². The van der Waals surface area contributed by atoms with Gasteiger partial charge in [0.2, 0.25) is 5.91 Å². The lowest BCUT2D eigenvalue weighted by atomic mass is 9.81. The van der Waals surface area contributed by atoms with Crippen LogP contribution in [0.25, 0.3) is 0 Å². The van der Waals surface area contributed by atoms with Gasteiger partial charge in [0, 0.05) is 24.8 Å². The molecule has 6 nitrogen and oxygen atoms in total. The van der Waals surface area contributed by atoms with Gasteiger partial charge in [0.15, 0.2) is 5.60 Å². The van der Waals surface area contributed by atoms with Crippen molar-refractivity contribution in [3.8, 4) is 5.75 Å². The molecule has 1 aliphatic heterocycles. The Labute approximate surface area is 210 Å². The van der Waals surface area contributed by atoms with E-state index in [4.69, 9.17) is 4.74 Å². The van der Waals surface area contributed by atoms with Gasteiger partial charge in [0.1, 0.15) is 5.75 Å². The fourth-order valence-electron chi connectivity index (χ4n) is 5.03. The second kappa shape index (κ2) is 9.59. The molecular weight excluding hydrogens is 499 g/mol. The van der Waals surface area contributed by atoms with Gasteiger partial charge in [-0.25, -0.2) is 0 Å². The van der Waals surface area contributed by atoms with Crippen LogP contribution >= 0.6 is 0 Å². The number of nitrogens with one attached hydrogen (secondary N) is 1. The molecule has 0 spiro atoms. The smallest absolute Gasteiger partial charge is 0.417 e. The third-order valence-corrected chi connectivity index (χ3v) is 7.25. The Morgan fingerprint density at radius 2 is 1.78 bits per heavy atom. The fourth-order valence-corrected chi connectivity index (χ4v) is 5.03. The second-order valence-corrected chi connectivity index (χ2v) is 9.82. The first-order valence-corrected chi connectivity index (χ1v) is 11.8. The van der Waals surface area contributed by atoms with Crippen molar-refractivity contribution in [2.45, 2.75) is 69.4 Å². The molecule has 0 radical (unpaired) electrons. The molecule has 4 rings (SSSR count). The summed E-state index contributed by atoms with van der Waals surface area (Å²) in [5.41, 5.74) is -1.58. The summed E-state index contributed by atoms with van der Waals surface area (Å²) < 4.78 is 74.9. The standard InChI is InChI=1S/C26H27F5N2O4/c1-24(2)19-13-15(21(34)32-16-9-11-25(36-3,12-10-16)26(29,30)31)7-8-20(19)33(22(24)35)17-5-4-6-18(14-17)37-23(27)28/h4-8,13-14,16,23H,9-12H2,1-3H3,(H,32,34). The van der Waals surface area contributed by atoms with E-state index < -0.39 is 35.8 Å². The average molecular weight is 527 g/mol. The zero-order valence-electron chi connectivity index (χ0n) is 20.5. The van der Waals surface area contributed by atoms with Crippen molar-refractivity contribution in [2.24, 2.45) is 0 Å². The number of halogens is 5. The van der Waals surface area contributed by atoms with E-state index in [0.29, 0.717) is 16.9 Å². The van der Waals surface area contributed by atoms with Crippen molar-refractivity contribution in [1.29, 1.82) is 0 Å². The number of carbonyl (C=O) groups is 2. The SMILES string of the molecule is COC1(C(F)(F)F)CCC(NC(=O)c2ccc3c(c2)C(C)(C)C(=O)N3c2cccc(OC(F)F)c2)CC1. The quantitative estimate of drug-likeness (QED) is 0.479. The minimum Gasteiger partial charge on any atom is -0.435 e. The summed E-state index contributed by atoms with van der Waals surface area (Å²) in [4.78, 5) is 27.7. The largest absolute Gasteiger partial charge is 0.435 e. The number of hydrogen-bond acceptors (Lipinski definition) is 4. The molecule has 1 fully saturated rings. The van der Waals surface area contributed by atoms with Crippen molar-refractivity contribution < 1.29 is 41.0 Å². The zero-order chi connectivity index (χ0) is 27.2. The molecule has 2 aromatic carbocycles. The molecule has 0 atom stereocenters. The molecule has 1 N–H and O–H groups in total. The van der Waals surface area contributed by atoms with Gasteiger partial charge in [-0.3, -0.25) is 14.5 Å². The van der Waals surface area contributed by atoms with E-state index in [1.54, 1.807) is 32.0 Å². The van der Waals surface area contributed by atoms with Crippen molar-refractivity contribution in [3.05, 3.63) is 53.6 Å². The Morgan fingerprint density at radius 3 is 2.38 bits per heavy atom. The monoisotopic (exact) mass is 526 g/mol. The fraction of sp³-hybridized carbons (Fsp3) is 0.462. The van der Waals surface area contributed by atoms with Crippen LogP contribution in [0.1, 0.15) is 55.5 Å². The van der Waals surface area contributed by atoms with E-state index >= 15 is 0 Å². The van der Waals surface area contributed by atoms with Gasteiger partial charge in [-0.05, 0) is 75.4 Å². The number of methoxy groups -OCH3 is 1. The molecule has 0 bridgehead atoms. The van der Waals surface area contributed by atoms with Gasteiger partial charge in [0.25, 0.3) is 5.91 Å². The first-order valence-electron chi connectivity index (χ1n) is 11.8. The topological polar surface area (TPSA) is 67.9 Å². The molecular formula is C26H27F5N2O4. The van der Waals surface area contributed by atoms with Gasteiger partial charge in [-0.15, -0.1) is 0 Å².